The van der Waals surface area contributed by atoms with Gasteiger partial charge in [0.25, 0.3) is 5.91 Å². The number of likely N-dealkylation sites (tertiary alicyclic amines) is 1. The number of carbonyl (C=O) groups is 1. The zero-order valence-electron chi connectivity index (χ0n) is 18.1. The van der Waals surface area contributed by atoms with Crippen LogP contribution in [0.2, 0.25) is 0 Å². The van der Waals surface area contributed by atoms with Gasteiger partial charge in [0, 0.05) is 12.5 Å². The molecule has 7 nitrogen and oxygen atoms in total. The number of ether oxygens (including phenoxy) is 1. The van der Waals surface area contributed by atoms with E-state index in [-0.39, 0.29) is 43.1 Å². The van der Waals surface area contributed by atoms with E-state index in [1.807, 2.05) is 6.92 Å². The molecule has 2 fully saturated rings. The van der Waals surface area contributed by atoms with Gasteiger partial charge in [-0.3, -0.25) is 9.20 Å². The van der Waals surface area contributed by atoms with E-state index in [2.05, 4.69) is 10.2 Å². The number of nitrogens with zero attached hydrogens (tertiary/aromatic N) is 4. The number of hydrogen-bond acceptors (Lipinski definition) is 5. The molecule has 3 heterocycles. The fourth-order valence-corrected chi connectivity index (χ4v) is 5.65. The van der Waals surface area contributed by atoms with Crippen LogP contribution in [0.5, 0.6) is 5.75 Å². The number of halogens is 3. The van der Waals surface area contributed by atoms with E-state index >= 15 is 0 Å². The molecule has 1 saturated heterocycles. The summed E-state index contributed by atoms with van der Waals surface area (Å²) in [5, 5.41) is 19.3. The number of pyridine rings is 1. The van der Waals surface area contributed by atoms with Crippen LogP contribution in [-0.2, 0) is 0 Å². The summed E-state index contributed by atoms with van der Waals surface area (Å²) < 4.78 is 47.7. The van der Waals surface area contributed by atoms with Crippen molar-refractivity contribution in [3.8, 4) is 5.75 Å². The van der Waals surface area contributed by atoms with Gasteiger partial charge in [0.2, 0.25) is 5.82 Å². The summed E-state index contributed by atoms with van der Waals surface area (Å²) in [6.45, 7) is 2.67. The summed E-state index contributed by atoms with van der Waals surface area (Å²) in [5.74, 6) is -2.51. The third-order valence-corrected chi connectivity index (χ3v) is 7.13. The van der Waals surface area contributed by atoms with Crippen molar-refractivity contribution in [2.45, 2.75) is 31.5 Å². The molecule has 176 valence electrons. The number of hydrogen-bond donors (Lipinski definition) is 1. The Hall–Kier alpha value is -2.88. The average Bonchev–Trinajstić information content (AvgIpc) is 3.42. The molecule has 10 heteroatoms. The number of aliphatic hydroxyl groups is 1. The van der Waals surface area contributed by atoms with Gasteiger partial charge in [-0.05, 0) is 43.7 Å². The maximum atomic E-state index is 13.5. The quantitative estimate of drug-likeness (QED) is 0.755. The van der Waals surface area contributed by atoms with Crippen molar-refractivity contribution in [2.75, 3.05) is 19.7 Å². The Balaban J connectivity index is 1.32. The van der Waals surface area contributed by atoms with E-state index in [1.54, 1.807) is 34.9 Å². The van der Waals surface area contributed by atoms with E-state index < -0.39 is 23.6 Å². The van der Waals surface area contributed by atoms with Crippen molar-refractivity contribution < 1.29 is 27.8 Å². The van der Waals surface area contributed by atoms with Gasteiger partial charge < -0.3 is 14.7 Å². The van der Waals surface area contributed by atoms with Gasteiger partial charge in [0.1, 0.15) is 5.75 Å². The number of amides is 1. The summed E-state index contributed by atoms with van der Waals surface area (Å²) >= 11 is 0. The van der Waals surface area contributed by atoms with Crippen LogP contribution in [0.4, 0.5) is 13.2 Å². The first-order chi connectivity index (χ1) is 15.7. The summed E-state index contributed by atoms with van der Waals surface area (Å²) in [6, 6.07) is 3.45. The van der Waals surface area contributed by atoms with Gasteiger partial charge in [0.15, 0.2) is 5.65 Å². The zero-order valence-corrected chi connectivity index (χ0v) is 18.1. The highest BCUT2D eigenvalue weighted by Crippen LogP contribution is 2.51. The minimum absolute atomic E-state index is 0.0655. The molecule has 3 aliphatic rings. The first-order valence-electron chi connectivity index (χ1n) is 11.1. The van der Waals surface area contributed by atoms with Crippen LogP contribution in [0.1, 0.15) is 30.4 Å². The largest absolute Gasteiger partial charge is 0.492 e. The number of aromatic nitrogens is 3. The molecule has 1 aliphatic heterocycles. The fourth-order valence-electron chi connectivity index (χ4n) is 5.65. The number of β-amino-alcohol motifs (C(OH)–C–C–N with tert-alkyl or cyclic N) is 1. The highest BCUT2D eigenvalue weighted by atomic mass is 19.4. The van der Waals surface area contributed by atoms with Crippen molar-refractivity contribution in [3.05, 3.63) is 48.5 Å². The molecule has 5 atom stereocenters. The second-order valence-electron chi connectivity index (χ2n) is 9.15. The maximum Gasteiger partial charge on any atom is 0.395 e. The van der Waals surface area contributed by atoms with Crippen molar-refractivity contribution >= 4 is 11.6 Å². The van der Waals surface area contributed by atoms with E-state index in [1.165, 1.54) is 17.1 Å². The first kappa shape index (κ1) is 21.9. The predicted molar refractivity (Wildman–Crippen MR) is 113 cm³/mol. The fraction of sp³-hybridized carbons (Fsp3) is 0.522. The van der Waals surface area contributed by atoms with Gasteiger partial charge in [-0.2, -0.15) is 13.2 Å². The Labute approximate surface area is 188 Å². The Morgan fingerprint density at radius 2 is 2.06 bits per heavy atom. The van der Waals surface area contributed by atoms with Crippen molar-refractivity contribution in [1.82, 2.24) is 19.5 Å². The standard InChI is InChI=1S/C23H25F3N4O3/c1-2-33-16-7-8-19-27-28-20(30(19)12-16)21(31)29-11-15-9-14(10-22(15,32)13-29)17-5-3-4-6-18(17)23(24,25)26/h3-8,12,14-15,17-18,32H,2,9-11,13H2,1H3/t14?,15-,17?,18?,22-/m0/s1. The van der Waals surface area contributed by atoms with Crippen molar-refractivity contribution in [1.29, 1.82) is 0 Å². The van der Waals surface area contributed by atoms with Gasteiger partial charge in [-0.25, -0.2) is 0 Å². The lowest BCUT2D eigenvalue weighted by atomic mass is 9.77. The van der Waals surface area contributed by atoms with Crippen LogP contribution in [0.25, 0.3) is 5.65 Å². The lowest BCUT2D eigenvalue weighted by Crippen LogP contribution is -2.39. The van der Waals surface area contributed by atoms with Crippen LogP contribution in [0.15, 0.2) is 42.6 Å². The summed E-state index contributed by atoms with van der Waals surface area (Å²) in [6.07, 6.45) is 3.86. The molecule has 0 spiro atoms. The van der Waals surface area contributed by atoms with E-state index in [9.17, 15) is 23.1 Å². The van der Waals surface area contributed by atoms with E-state index in [0.29, 0.717) is 24.4 Å². The van der Waals surface area contributed by atoms with Crippen molar-refractivity contribution in [2.24, 2.45) is 23.7 Å². The van der Waals surface area contributed by atoms with Crippen LogP contribution in [0.3, 0.4) is 0 Å². The molecule has 3 unspecified atom stereocenters. The van der Waals surface area contributed by atoms with Crippen LogP contribution in [0, 0.1) is 23.7 Å². The lowest BCUT2D eigenvalue weighted by Gasteiger charge is -2.32. The maximum absolute atomic E-state index is 13.5. The summed E-state index contributed by atoms with van der Waals surface area (Å²) in [7, 11) is 0. The first-order valence-corrected chi connectivity index (χ1v) is 11.1. The SMILES string of the molecule is CCOc1ccc2nnc(C(=O)N3C[C@@H]4CC(C5C=CC=CC5C(F)(F)F)C[C@]4(O)C3)n2c1. The number of carbonyl (C=O) groups excluding carboxylic acids is 1. The third-order valence-electron chi connectivity index (χ3n) is 7.13. The Morgan fingerprint density at radius 1 is 1.27 bits per heavy atom. The molecule has 1 N–H and O–H groups in total. The van der Waals surface area contributed by atoms with Gasteiger partial charge >= 0.3 is 6.18 Å². The highest BCUT2D eigenvalue weighted by molar-refractivity contribution is 5.91. The number of fused-ring (bicyclic) bond motifs is 2. The van der Waals surface area contributed by atoms with E-state index in [4.69, 9.17) is 4.74 Å². The summed E-state index contributed by atoms with van der Waals surface area (Å²) in [5.41, 5.74) is -0.710. The highest BCUT2D eigenvalue weighted by Gasteiger charge is 2.57. The predicted octanol–water partition coefficient (Wildman–Crippen LogP) is 3.26. The second-order valence-corrected chi connectivity index (χ2v) is 9.15. The Kier molecular flexibility index (Phi) is 5.23. The minimum atomic E-state index is -4.33. The molecule has 5 rings (SSSR count). The molecule has 33 heavy (non-hydrogen) atoms. The molecule has 2 aromatic heterocycles. The molecule has 2 aromatic rings. The minimum Gasteiger partial charge on any atom is -0.492 e. The van der Waals surface area contributed by atoms with Gasteiger partial charge in [0.05, 0.1) is 30.9 Å². The van der Waals surface area contributed by atoms with Crippen molar-refractivity contribution in [3.63, 3.8) is 0 Å². The molecule has 0 radical (unpaired) electrons. The Morgan fingerprint density at radius 3 is 2.79 bits per heavy atom. The van der Waals surface area contributed by atoms with Crippen LogP contribution < -0.4 is 4.74 Å². The average molecular weight is 462 g/mol. The molecule has 0 aromatic carbocycles. The molecule has 1 saturated carbocycles. The molecule has 1 amide bonds. The third kappa shape index (κ3) is 3.80. The van der Waals surface area contributed by atoms with Gasteiger partial charge in [-0.15, -0.1) is 10.2 Å². The normalized spacial score (nSPS) is 31.4. The van der Waals surface area contributed by atoms with Gasteiger partial charge in [-0.1, -0.05) is 24.3 Å². The van der Waals surface area contributed by atoms with Crippen LogP contribution >= 0.6 is 0 Å². The summed E-state index contributed by atoms with van der Waals surface area (Å²) in [4.78, 5) is 14.7. The Bertz CT molecular complexity index is 1130. The monoisotopic (exact) mass is 462 g/mol. The molecular weight excluding hydrogens is 437 g/mol. The van der Waals surface area contributed by atoms with Crippen LogP contribution in [-0.4, -0.2) is 62.0 Å². The molecule has 2 aliphatic carbocycles. The lowest BCUT2D eigenvalue weighted by molar-refractivity contribution is -0.174. The molecular formula is C23H25F3N4O3. The smallest absolute Gasteiger partial charge is 0.395 e. The van der Waals surface area contributed by atoms with E-state index in [0.717, 1.165) is 0 Å². The number of rotatable bonds is 4. The molecule has 0 bridgehead atoms. The number of allylic oxidation sites excluding steroid dienone is 4. The second kappa shape index (κ2) is 7.86. The topological polar surface area (TPSA) is 80.0 Å². The number of alkyl halides is 3. The zero-order chi connectivity index (χ0) is 23.4.